The van der Waals surface area contributed by atoms with Crippen molar-refractivity contribution in [3.63, 3.8) is 0 Å². The van der Waals surface area contributed by atoms with E-state index in [2.05, 4.69) is 5.32 Å². The lowest BCUT2D eigenvalue weighted by atomic mass is 10.2. The molecule has 2 aromatic carbocycles. The predicted molar refractivity (Wildman–Crippen MR) is 111 cm³/mol. The molecule has 1 aromatic heterocycles. The number of carbonyl (C=O) groups excluding carboxylic acids is 1. The Balaban J connectivity index is 1.74. The molecular formula is C23H24F3N3O. The highest BCUT2D eigenvalue weighted by Gasteiger charge is 2.16. The van der Waals surface area contributed by atoms with Gasteiger partial charge in [-0.05, 0) is 48.4 Å². The minimum atomic E-state index is -1.02. The van der Waals surface area contributed by atoms with E-state index in [-0.39, 0.29) is 11.5 Å². The molecule has 1 heterocycles. The average molecular weight is 415 g/mol. The Kier molecular flexibility index (Phi) is 7.17. The SMILES string of the molecule is CCCCN(Cc1cccn1Cc1cccc(F)c1)C(=O)Nc1ccc(F)c(F)c1. The lowest BCUT2D eigenvalue weighted by Crippen LogP contribution is -2.36. The minimum absolute atomic E-state index is 0.190. The van der Waals surface area contributed by atoms with Crippen LogP contribution < -0.4 is 5.32 Å². The van der Waals surface area contributed by atoms with Gasteiger partial charge in [0.2, 0.25) is 0 Å². The number of unbranched alkanes of at least 4 members (excludes halogenated alkanes) is 1. The molecule has 0 aliphatic heterocycles. The summed E-state index contributed by atoms with van der Waals surface area (Å²) in [5.41, 5.74) is 1.89. The Hall–Kier alpha value is -3.22. The molecule has 7 heteroatoms. The molecule has 2 amide bonds. The normalized spacial score (nSPS) is 10.8. The lowest BCUT2D eigenvalue weighted by molar-refractivity contribution is 0.207. The third kappa shape index (κ3) is 5.65. The molecule has 4 nitrogen and oxygen atoms in total. The van der Waals surface area contributed by atoms with Crippen LogP contribution in [0.1, 0.15) is 31.0 Å². The van der Waals surface area contributed by atoms with Gasteiger partial charge in [0, 0.05) is 36.7 Å². The molecule has 30 heavy (non-hydrogen) atoms. The maximum Gasteiger partial charge on any atom is 0.322 e. The molecule has 3 aromatic rings. The first-order chi connectivity index (χ1) is 14.5. The summed E-state index contributed by atoms with van der Waals surface area (Å²) in [7, 11) is 0. The third-order valence-electron chi connectivity index (χ3n) is 4.76. The van der Waals surface area contributed by atoms with E-state index < -0.39 is 17.7 Å². The van der Waals surface area contributed by atoms with E-state index in [9.17, 15) is 18.0 Å². The Labute approximate surface area is 173 Å². The van der Waals surface area contributed by atoms with E-state index in [1.165, 1.54) is 18.2 Å². The van der Waals surface area contributed by atoms with Crippen molar-refractivity contribution in [3.05, 3.63) is 89.5 Å². The van der Waals surface area contributed by atoms with Gasteiger partial charge in [0.15, 0.2) is 11.6 Å². The number of anilines is 1. The van der Waals surface area contributed by atoms with Gasteiger partial charge in [-0.3, -0.25) is 0 Å². The summed E-state index contributed by atoms with van der Waals surface area (Å²) < 4.78 is 42.0. The van der Waals surface area contributed by atoms with E-state index in [0.29, 0.717) is 19.6 Å². The smallest absolute Gasteiger partial charge is 0.322 e. The topological polar surface area (TPSA) is 37.3 Å². The van der Waals surface area contributed by atoms with Crippen LogP contribution in [0.3, 0.4) is 0 Å². The van der Waals surface area contributed by atoms with E-state index in [1.807, 2.05) is 35.9 Å². The summed E-state index contributed by atoms with van der Waals surface area (Å²) in [4.78, 5) is 14.4. The first-order valence-corrected chi connectivity index (χ1v) is 9.85. The van der Waals surface area contributed by atoms with Crippen molar-refractivity contribution in [2.75, 3.05) is 11.9 Å². The van der Waals surface area contributed by atoms with Gasteiger partial charge < -0.3 is 14.8 Å². The van der Waals surface area contributed by atoms with Gasteiger partial charge in [0.25, 0.3) is 0 Å². The Morgan fingerprint density at radius 1 is 1.03 bits per heavy atom. The van der Waals surface area contributed by atoms with Crippen molar-refractivity contribution in [1.82, 2.24) is 9.47 Å². The monoisotopic (exact) mass is 415 g/mol. The van der Waals surface area contributed by atoms with Crippen LogP contribution in [0, 0.1) is 17.5 Å². The van der Waals surface area contributed by atoms with Crippen molar-refractivity contribution in [2.24, 2.45) is 0 Å². The largest absolute Gasteiger partial charge is 0.345 e. The van der Waals surface area contributed by atoms with E-state index >= 15 is 0 Å². The zero-order valence-electron chi connectivity index (χ0n) is 16.7. The molecule has 158 valence electrons. The summed E-state index contributed by atoms with van der Waals surface area (Å²) in [6.07, 6.45) is 3.58. The number of urea groups is 1. The molecule has 0 aliphatic rings. The van der Waals surface area contributed by atoms with Crippen LogP contribution in [-0.2, 0) is 13.1 Å². The quantitative estimate of drug-likeness (QED) is 0.497. The number of amides is 2. The molecule has 1 N–H and O–H groups in total. The molecule has 0 spiro atoms. The first kappa shape index (κ1) is 21.5. The second-order valence-electron chi connectivity index (χ2n) is 7.09. The van der Waals surface area contributed by atoms with E-state index in [4.69, 9.17) is 0 Å². The van der Waals surface area contributed by atoms with Gasteiger partial charge in [-0.15, -0.1) is 0 Å². The summed E-state index contributed by atoms with van der Waals surface area (Å²) in [5, 5.41) is 2.63. The van der Waals surface area contributed by atoms with Gasteiger partial charge in [0.05, 0.1) is 6.54 Å². The minimum Gasteiger partial charge on any atom is -0.345 e. The van der Waals surface area contributed by atoms with Crippen LogP contribution in [0.5, 0.6) is 0 Å². The molecule has 0 bridgehead atoms. The molecule has 0 radical (unpaired) electrons. The third-order valence-corrected chi connectivity index (χ3v) is 4.76. The average Bonchev–Trinajstić information content (AvgIpc) is 3.14. The number of aromatic nitrogens is 1. The maximum absolute atomic E-state index is 13.5. The maximum atomic E-state index is 13.5. The number of benzene rings is 2. The van der Waals surface area contributed by atoms with Crippen LogP contribution in [-0.4, -0.2) is 22.0 Å². The summed E-state index contributed by atoms with van der Waals surface area (Å²) >= 11 is 0. The van der Waals surface area contributed by atoms with Crippen LogP contribution in [0.2, 0.25) is 0 Å². The summed E-state index contributed by atoms with van der Waals surface area (Å²) in [5.74, 6) is -2.28. The van der Waals surface area contributed by atoms with Crippen LogP contribution in [0.25, 0.3) is 0 Å². The second-order valence-corrected chi connectivity index (χ2v) is 7.09. The fraction of sp³-hybridized carbons (Fsp3) is 0.261. The van der Waals surface area contributed by atoms with Crippen LogP contribution >= 0.6 is 0 Å². The van der Waals surface area contributed by atoms with Gasteiger partial charge in [0.1, 0.15) is 5.82 Å². The second kappa shape index (κ2) is 10.0. The predicted octanol–water partition coefficient (Wildman–Crippen LogP) is 5.79. The highest BCUT2D eigenvalue weighted by atomic mass is 19.2. The van der Waals surface area contributed by atoms with Crippen LogP contribution in [0.4, 0.5) is 23.7 Å². The van der Waals surface area contributed by atoms with Crippen molar-refractivity contribution in [2.45, 2.75) is 32.9 Å². The number of carbonyl (C=O) groups is 1. The Morgan fingerprint density at radius 3 is 2.60 bits per heavy atom. The number of nitrogens with zero attached hydrogens (tertiary/aromatic N) is 2. The van der Waals surface area contributed by atoms with Crippen molar-refractivity contribution >= 4 is 11.7 Å². The molecule has 0 saturated heterocycles. The number of hydrogen-bond donors (Lipinski definition) is 1. The summed E-state index contributed by atoms with van der Waals surface area (Å²) in [6, 6.07) is 13.0. The van der Waals surface area contributed by atoms with Gasteiger partial charge in [-0.2, -0.15) is 0 Å². The highest BCUT2D eigenvalue weighted by Crippen LogP contribution is 2.16. The number of rotatable bonds is 8. The molecule has 0 atom stereocenters. The molecule has 0 fully saturated rings. The summed E-state index contributed by atoms with van der Waals surface area (Å²) in [6.45, 7) is 3.35. The fourth-order valence-corrected chi connectivity index (χ4v) is 3.15. The standard InChI is InChI=1S/C23H24F3N3O/c1-2-3-11-29(23(30)27-19-9-10-21(25)22(26)14-19)16-20-8-5-12-28(20)15-17-6-4-7-18(24)13-17/h4-10,12-14H,2-3,11,15-16H2,1H3,(H,27,30). The van der Waals surface area contributed by atoms with Gasteiger partial charge in [-0.25, -0.2) is 18.0 Å². The molecule has 0 saturated carbocycles. The molecule has 0 aliphatic carbocycles. The van der Waals surface area contributed by atoms with Gasteiger partial charge in [-0.1, -0.05) is 25.5 Å². The van der Waals surface area contributed by atoms with Crippen molar-refractivity contribution < 1.29 is 18.0 Å². The number of hydrogen-bond acceptors (Lipinski definition) is 1. The van der Waals surface area contributed by atoms with Crippen LogP contribution in [0.15, 0.2) is 60.8 Å². The van der Waals surface area contributed by atoms with Gasteiger partial charge >= 0.3 is 6.03 Å². The molecule has 0 unspecified atom stereocenters. The molecule has 3 rings (SSSR count). The molecular weight excluding hydrogens is 391 g/mol. The lowest BCUT2D eigenvalue weighted by Gasteiger charge is -2.24. The highest BCUT2D eigenvalue weighted by molar-refractivity contribution is 5.89. The zero-order valence-corrected chi connectivity index (χ0v) is 16.7. The Bertz CT molecular complexity index is 1000. The number of nitrogens with one attached hydrogen (secondary N) is 1. The number of halogens is 3. The first-order valence-electron chi connectivity index (χ1n) is 9.85. The Morgan fingerprint density at radius 2 is 1.87 bits per heavy atom. The zero-order chi connectivity index (χ0) is 21.5. The van der Waals surface area contributed by atoms with E-state index in [1.54, 1.807) is 11.0 Å². The van der Waals surface area contributed by atoms with Crippen molar-refractivity contribution in [3.8, 4) is 0 Å². The fourth-order valence-electron chi connectivity index (χ4n) is 3.15. The van der Waals surface area contributed by atoms with Crippen molar-refractivity contribution in [1.29, 1.82) is 0 Å². The van der Waals surface area contributed by atoms with E-state index in [0.717, 1.165) is 36.2 Å².